The van der Waals surface area contributed by atoms with E-state index in [1.807, 2.05) is 13.0 Å². The van der Waals surface area contributed by atoms with Crippen LogP contribution in [0.1, 0.15) is 33.9 Å². The maximum absolute atomic E-state index is 13.4. The lowest BCUT2D eigenvalue weighted by molar-refractivity contribution is -0.137. The van der Waals surface area contributed by atoms with Crippen molar-refractivity contribution < 1.29 is 22.7 Å². The van der Waals surface area contributed by atoms with Crippen LogP contribution in [0.4, 0.5) is 17.6 Å². The lowest BCUT2D eigenvalue weighted by Crippen LogP contribution is -2.09. The van der Waals surface area contributed by atoms with Crippen molar-refractivity contribution >= 4 is 0 Å². The first kappa shape index (κ1) is 15.5. The molecular formula is C16H14F4O. The van der Waals surface area contributed by atoms with Crippen molar-refractivity contribution in [2.75, 3.05) is 0 Å². The van der Waals surface area contributed by atoms with Gasteiger partial charge in [0, 0.05) is 0 Å². The largest absolute Gasteiger partial charge is 0.416 e. The van der Waals surface area contributed by atoms with Gasteiger partial charge in [0.1, 0.15) is 11.9 Å². The number of benzene rings is 2. The predicted molar refractivity (Wildman–Crippen MR) is 71.4 cm³/mol. The van der Waals surface area contributed by atoms with Crippen molar-refractivity contribution in [1.29, 1.82) is 0 Å². The van der Waals surface area contributed by atoms with Gasteiger partial charge in [0.05, 0.1) is 5.56 Å². The number of aliphatic hydroxyl groups is 1. The monoisotopic (exact) mass is 298 g/mol. The van der Waals surface area contributed by atoms with Gasteiger partial charge < -0.3 is 5.11 Å². The first-order valence-electron chi connectivity index (χ1n) is 6.31. The minimum atomic E-state index is -4.65. The molecule has 0 aliphatic rings. The standard InChI is InChI=1S/C16H14F4O/c1-9-3-4-10(2)14(5-9)15(21)11-6-12(16(18,19)20)8-13(17)7-11/h3-8,15,21H,1-2H3. The summed E-state index contributed by atoms with van der Waals surface area (Å²) in [5, 5.41) is 10.3. The minimum Gasteiger partial charge on any atom is -0.384 e. The fourth-order valence-electron chi connectivity index (χ4n) is 2.17. The van der Waals surface area contributed by atoms with Gasteiger partial charge >= 0.3 is 6.18 Å². The third-order valence-corrected chi connectivity index (χ3v) is 3.29. The van der Waals surface area contributed by atoms with Gasteiger partial charge in [-0.25, -0.2) is 4.39 Å². The maximum Gasteiger partial charge on any atom is 0.416 e. The first-order chi connectivity index (χ1) is 9.68. The molecule has 2 aromatic rings. The molecular weight excluding hydrogens is 284 g/mol. The molecule has 2 aromatic carbocycles. The van der Waals surface area contributed by atoms with E-state index >= 15 is 0 Å². The number of hydrogen-bond donors (Lipinski definition) is 1. The van der Waals surface area contributed by atoms with Crippen LogP contribution >= 0.6 is 0 Å². The van der Waals surface area contributed by atoms with Crippen LogP contribution in [0.15, 0.2) is 36.4 Å². The summed E-state index contributed by atoms with van der Waals surface area (Å²) in [4.78, 5) is 0. The Morgan fingerprint density at radius 2 is 1.67 bits per heavy atom. The quantitative estimate of drug-likeness (QED) is 0.807. The molecule has 0 aliphatic carbocycles. The summed E-state index contributed by atoms with van der Waals surface area (Å²) in [6, 6.07) is 7.38. The summed E-state index contributed by atoms with van der Waals surface area (Å²) in [6.07, 6.45) is -5.96. The zero-order chi connectivity index (χ0) is 15.8. The molecule has 0 aromatic heterocycles. The molecule has 0 radical (unpaired) electrons. The molecule has 5 heteroatoms. The van der Waals surface area contributed by atoms with Gasteiger partial charge in [-0.2, -0.15) is 13.2 Å². The zero-order valence-corrected chi connectivity index (χ0v) is 11.5. The van der Waals surface area contributed by atoms with E-state index in [4.69, 9.17) is 0 Å². The molecule has 1 unspecified atom stereocenters. The molecule has 112 valence electrons. The summed E-state index contributed by atoms with van der Waals surface area (Å²) >= 11 is 0. The molecule has 1 nitrogen and oxygen atoms in total. The van der Waals surface area contributed by atoms with E-state index in [1.165, 1.54) is 0 Å². The molecule has 1 atom stereocenters. The molecule has 21 heavy (non-hydrogen) atoms. The molecule has 0 fully saturated rings. The predicted octanol–water partition coefficient (Wildman–Crippen LogP) is 4.54. The fraction of sp³-hybridized carbons (Fsp3) is 0.250. The van der Waals surface area contributed by atoms with Gasteiger partial charge in [-0.1, -0.05) is 23.8 Å². The summed E-state index contributed by atoms with van der Waals surface area (Å²) in [6.45, 7) is 3.55. The number of halogens is 4. The van der Waals surface area contributed by atoms with E-state index in [2.05, 4.69) is 0 Å². The highest BCUT2D eigenvalue weighted by Gasteiger charge is 2.32. The lowest BCUT2D eigenvalue weighted by atomic mass is 9.94. The first-order valence-corrected chi connectivity index (χ1v) is 6.31. The van der Waals surface area contributed by atoms with Crippen LogP contribution in [0, 0.1) is 19.7 Å². The highest BCUT2D eigenvalue weighted by Crippen LogP contribution is 2.33. The number of aryl methyl sites for hydroxylation is 2. The Labute approximate surface area is 119 Å². The minimum absolute atomic E-state index is 0.115. The lowest BCUT2D eigenvalue weighted by Gasteiger charge is -2.17. The van der Waals surface area contributed by atoms with Gasteiger partial charge in [0.2, 0.25) is 0 Å². The number of aliphatic hydroxyl groups excluding tert-OH is 1. The maximum atomic E-state index is 13.4. The molecule has 0 heterocycles. The van der Waals surface area contributed by atoms with Crippen molar-refractivity contribution in [3.05, 3.63) is 70.0 Å². The van der Waals surface area contributed by atoms with Gasteiger partial charge in [-0.3, -0.25) is 0 Å². The second-order valence-electron chi connectivity index (χ2n) is 5.03. The van der Waals surface area contributed by atoms with Crippen LogP contribution in [0.5, 0.6) is 0 Å². The van der Waals surface area contributed by atoms with Crippen LogP contribution in [0.25, 0.3) is 0 Å². The molecule has 0 amide bonds. The van der Waals surface area contributed by atoms with E-state index in [1.54, 1.807) is 19.1 Å². The van der Waals surface area contributed by atoms with Gasteiger partial charge in [0.25, 0.3) is 0 Å². The zero-order valence-electron chi connectivity index (χ0n) is 11.5. The highest BCUT2D eigenvalue weighted by atomic mass is 19.4. The van der Waals surface area contributed by atoms with Crippen LogP contribution in [0.2, 0.25) is 0 Å². The van der Waals surface area contributed by atoms with E-state index in [0.717, 1.165) is 23.3 Å². The Bertz CT molecular complexity index is 662. The molecule has 0 saturated carbocycles. The van der Waals surface area contributed by atoms with Crippen molar-refractivity contribution in [2.24, 2.45) is 0 Å². The van der Waals surface area contributed by atoms with Gasteiger partial charge in [-0.05, 0) is 48.7 Å². The van der Waals surface area contributed by atoms with Gasteiger partial charge in [0.15, 0.2) is 0 Å². The van der Waals surface area contributed by atoms with Crippen LogP contribution in [-0.4, -0.2) is 5.11 Å². The average Bonchev–Trinajstić information content (AvgIpc) is 2.39. The third-order valence-electron chi connectivity index (χ3n) is 3.29. The highest BCUT2D eigenvalue weighted by molar-refractivity contribution is 5.39. The Kier molecular flexibility index (Phi) is 4.05. The van der Waals surface area contributed by atoms with Crippen LogP contribution in [-0.2, 0) is 6.18 Å². The Morgan fingerprint density at radius 3 is 2.29 bits per heavy atom. The molecule has 0 saturated heterocycles. The van der Waals surface area contributed by atoms with Gasteiger partial charge in [-0.15, -0.1) is 0 Å². The average molecular weight is 298 g/mol. The van der Waals surface area contributed by atoms with E-state index in [-0.39, 0.29) is 5.56 Å². The van der Waals surface area contributed by atoms with Crippen molar-refractivity contribution in [1.82, 2.24) is 0 Å². The topological polar surface area (TPSA) is 20.2 Å². The Morgan fingerprint density at radius 1 is 1.00 bits per heavy atom. The smallest absolute Gasteiger partial charge is 0.384 e. The number of hydrogen-bond acceptors (Lipinski definition) is 1. The van der Waals surface area contributed by atoms with Crippen molar-refractivity contribution in [3.63, 3.8) is 0 Å². The molecule has 0 bridgehead atoms. The Hall–Kier alpha value is -1.88. The molecule has 0 spiro atoms. The summed E-state index contributed by atoms with van der Waals surface area (Å²) in [5.41, 5.74) is 0.833. The SMILES string of the molecule is Cc1ccc(C)c(C(O)c2cc(F)cc(C(F)(F)F)c2)c1. The normalized spacial score (nSPS) is 13.3. The van der Waals surface area contributed by atoms with E-state index in [9.17, 15) is 22.7 Å². The van der Waals surface area contributed by atoms with Crippen LogP contribution in [0.3, 0.4) is 0 Å². The fourth-order valence-corrected chi connectivity index (χ4v) is 2.17. The number of alkyl halides is 3. The third kappa shape index (κ3) is 3.42. The van der Waals surface area contributed by atoms with Crippen LogP contribution < -0.4 is 0 Å². The second-order valence-corrected chi connectivity index (χ2v) is 5.03. The second kappa shape index (κ2) is 5.48. The molecule has 2 rings (SSSR count). The van der Waals surface area contributed by atoms with Crippen molar-refractivity contribution in [2.45, 2.75) is 26.1 Å². The van der Waals surface area contributed by atoms with E-state index in [0.29, 0.717) is 11.6 Å². The summed E-state index contributed by atoms with van der Waals surface area (Å²) in [5.74, 6) is -1.02. The number of rotatable bonds is 2. The summed E-state index contributed by atoms with van der Waals surface area (Å²) < 4.78 is 51.5. The Balaban J connectivity index is 2.51. The summed E-state index contributed by atoms with van der Waals surface area (Å²) in [7, 11) is 0. The van der Waals surface area contributed by atoms with Crippen molar-refractivity contribution in [3.8, 4) is 0 Å². The molecule has 1 N–H and O–H groups in total. The molecule has 0 aliphatic heterocycles. The van der Waals surface area contributed by atoms with E-state index < -0.39 is 23.7 Å².